The van der Waals surface area contributed by atoms with Crippen molar-refractivity contribution >= 4 is 22.6 Å². The van der Waals surface area contributed by atoms with Crippen LogP contribution in [-0.4, -0.2) is 43.0 Å². The highest BCUT2D eigenvalue weighted by molar-refractivity contribution is 6.14. The summed E-state index contributed by atoms with van der Waals surface area (Å²) in [6.45, 7) is 1.90. The number of hydrogen-bond acceptors (Lipinski definition) is 5. The van der Waals surface area contributed by atoms with Crippen LogP contribution in [0, 0.1) is 0 Å². The van der Waals surface area contributed by atoms with E-state index in [0.717, 1.165) is 29.7 Å². The number of primary amides is 1. The van der Waals surface area contributed by atoms with E-state index in [1.165, 1.54) is 12.8 Å². The van der Waals surface area contributed by atoms with Gasteiger partial charge < -0.3 is 20.1 Å². The van der Waals surface area contributed by atoms with E-state index in [1.807, 2.05) is 42.5 Å². The zero-order valence-corrected chi connectivity index (χ0v) is 18.3. The Labute approximate surface area is 187 Å². The van der Waals surface area contributed by atoms with Crippen molar-refractivity contribution in [2.24, 2.45) is 5.73 Å². The van der Waals surface area contributed by atoms with Gasteiger partial charge in [0.2, 0.25) is 5.91 Å². The van der Waals surface area contributed by atoms with Crippen molar-refractivity contribution in [3.63, 3.8) is 0 Å². The van der Waals surface area contributed by atoms with Crippen LogP contribution in [0.15, 0.2) is 60.7 Å². The summed E-state index contributed by atoms with van der Waals surface area (Å²) in [5.74, 6) is -0.515. The van der Waals surface area contributed by atoms with Crippen LogP contribution in [0.5, 0.6) is 5.75 Å². The molecule has 6 heteroatoms. The standard InChI is InChI=1S/C26H28N2O4/c1-28-14-5-8-20(28)13-15-31-21-10-12-22-19(16-21)9-11-23(24(22)25(27)29)26(30)32-17-18-6-3-2-4-7-18/h2-4,6-7,9-12,16,20H,5,8,13-15,17H2,1H3,(H2,27,29). The molecule has 1 unspecified atom stereocenters. The van der Waals surface area contributed by atoms with Crippen molar-refractivity contribution < 1.29 is 19.1 Å². The molecule has 0 bridgehead atoms. The van der Waals surface area contributed by atoms with Gasteiger partial charge in [-0.2, -0.15) is 0 Å². The molecular formula is C26H28N2O4. The number of fused-ring (bicyclic) bond motifs is 1. The molecule has 0 aliphatic carbocycles. The van der Waals surface area contributed by atoms with Gasteiger partial charge in [-0.25, -0.2) is 4.79 Å². The van der Waals surface area contributed by atoms with Crippen LogP contribution >= 0.6 is 0 Å². The van der Waals surface area contributed by atoms with Gasteiger partial charge in [0, 0.05) is 6.04 Å². The van der Waals surface area contributed by atoms with Crippen LogP contribution in [0.1, 0.15) is 45.5 Å². The molecule has 4 rings (SSSR count). The first-order valence-corrected chi connectivity index (χ1v) is 10.9. The molecule has 3 aromatic carbocycles. The topological polar surface area (TPSA) is 81.9 Å². The largest absolute Gasteiger partial charge is 0.494 e. The molecule has 1 heterocycles. The Morgan fingerprint density at radius 3 is 2.62 bits per heavy atom. The lowest BCUT2D eigenvalue weighted by Crippen LogP contribution is -2.26. The van der Waals surface area contributed by atoms with Crippen LogP contribution in [0.3, 0.4) is 0 Å². The number of rotatable bonds is 8. The lowest BCUT2D eigenvalue weighted by molar-refractivity contribution is 0.0470. The highest BCUT2D eigenvalue weighted by Crippen LogP contribution is 2.28. The summed E-state index contributed by atoms with van der Waals surface area (Å²) in [5.41, 5.74) is 6.84. The van der Waals surface area contributed by atoms with Gasteiger partial charge in [0.25, 0.3) is 0 Å². The van der Waals surface area contributed by atoms with E-state index >= 15 is 0 Å². The second-order valence-electron chi connectivity index (χ2n) is 8.21. The van der Waals surface area contributed by atoms with Crippen molar-refractivity contribution in [3.8, 4) is 5.75 Å². The minimum absolute atomic E-state index is 0.124. The number of ether oxygens (including phenoxy) is 2. The minimum atomic E-state index is -0.666. The first-order chi connectivity index (χ1) is 15.5. The third kappa shape index (κ3) is 4.92. The fourth-order valence-corrected chi connectivity index (χ4v) is 4.29. The highest BCUT2D eigenvalue weighted by Gasteiger charge is 2.21. The van der Waals surface area contributed by atoms with Crippen molar-refractivity contribution in [1.29, 1.82) is 0 Å². The smallest absolute Gasteiger partial charge is 0.339 e. The Morgan fingerprint density at radius 2 is 1.91 bits per heavy atom. The predicted octanol–water partition coefficient (Wildman–Crippen LogP) is 4.16. The summed E-state index contributed by atoms with van der Waals surface area (Å²) in [5, 5.41) is 1.39. The lowest BCUT2D eigenvalue weighted by Gasteiger charge is -2.19. The number of carbonyl (C=O) groups excluding carboxylic acids is 2. The first-order valence-electron chi connectivity index (χ1n) is 10.9. The molecule has 1 aliphatic heterocycles. The van der Waals surface area contributed by atoms with Crippen molar-refractivity contribution in [1.82, 2.24) is 4.90 Å². The monoisotopic (exact) mass is 432 g/mol. The van der Waals surface area contributed by atoms with Crippen LogP contribution in [0.4, 0.5) is 0 Å². The second-order valence-corrected chi connectivity index (χ2v) is 8.21. The third-order valence-corrected chi connectivity index (χ3v) is 6.06. The van der Waals surface area contributed by atoms with E-state index in [0.29, 0.717) is 18.0 Å². The average Bonchev–Trinajstić information content (AvgIpc) is 3.21. The van der Waals surface area contributed by atoms with Gasteiger partial charge in [0.15, 0.2) is 0 Å². The number of benzene rings is 3. The molecule has 1 aliphatic rings. The van der Waals surface area contributed by atoms with E-state index < -0.39 is 11.9 Å². The molecule has 1 saturated heterocycles. The minimum Gasteiger partial charge on any atom is -0.494 e. The number of nitrogens with two attached hydrogens (primary N) is 1. The Balaban J connectivity index is 1.49. The molecule has 3 aromatic rings. The number of amides is 1. The number of carbonyl (C=O) groups is 2. The Kier molecular flexibility index (Phi) is 6.71. The number of esters is 1. The predicted molar refractivity (Wildman–Crippen MR) is 124 cm³/mol. The quantitative estimate of drug-likeness (QED) is 0.541. The lowest BCUT2D eigenvalue weighted by atomic mass is 9.98. The van der Waals surface area contributed by atoms with Gasteiger partial charge in [0.1, 0.15) is 12.4 Å². The summed E-state index contributed by atoms with van der Waals surface area (Å²) in [6, 6.07) is 18.8. The zero-order chi connectivity index (χ0) is 22.5. The molecule has 1 amide bonds. The molecule has 0 aromatic heterocycles. The highest BCUT2D eigenvalue weighted by atomic mass is 16.5. The van der Waals surface area contributed by atoms with Gasteiger partial charge >= 0.3 is 5.97 Å². The third-order valence-electron chi connectivity index (χ3n) is 6.06. The summed E-state index contributed by atoms with van der Waals surface area (Å²) in [7, 11) is 2.15. The van der Waals surface area contributed by atoms with Crippen LogP contribution < -0.4 is 10.5 Å². The number of likely N-dealkylation sites (tertiary alicyclic amines) is 1. The van der Waals surface area contributed by atoms with E-state index in [1.54, 1.807) is 18.2 Å². The Hall–Kier alpha value is -3.38. The van der Waals surface area contributed by atoms with Gasteiger partial charge in [-0.05, 0) is 73.5 Å². The maximum atomic E-state index is 12.7. The second kappa shape index (κ2) is 9.83. The average molecular weight is 433 g/mol. The van der Waals surface area contributed by atoms with Crippen molar-refractivity contribution in [3.05, 3.63) is 77.4 Å². The Morgan fingerprint density at radius 1 is 1.09 bits per heavy atom. The molecule has 2 N–H and O–H groups in total. The zero-order valence-electron chi connectivity index (χ0n) is 18.3. The van der Waals surface area contributed by atoms with Gasteiger partial charge in [-0.3, -0.25) is 4.79 Å². The first kappa shape index (κ1) is 21.8. The maximum absolute atomic E-state index is 12.7. The number of nitrogens with zero attached hydrogens (tertiary/aromatic N) is 1. The maximum Gasteiger partial charge on any atom is 0.339 e. The summed E-state index contributed by atoms with van der Waals surface area (Å²) in [6.07, 6.45) is 3.43. The summed E-state index contributed by atoms with van der Waals surface area (Å²) >= 11 is 0. The van der Waals surface area contributed by atoms with E-state index in [-0.39, 0.29) is 17.7 Å². The van der Waals surface area contributed by atoms with Crippen LogP contribution in [-0.2, 0) is 11.3 Å². The SMILES string of the molecule is CN1CCCC1CCOc1ccc2c(C(N)=O)c(C(=O)OCc3ccccc3)ccc2c1. The fourth-order valence-electron chi connectivity index (χ4n) is 4.29. The fraction of sp³-hybridized carbons (Fsp3) is 0.308. The van der Waals surface area contributed by atoms with Gasteiger partial charge in [0.05, 0.1) is 17.7 Å². The molecule has 166 valence electrons. The number of hydrogen-bond donors (Lipinski definition) is 1. The molecule has 0 saturated carbocycles. The summed E-state index contributed by atoms with van der Waals surface area (Å²) in [4.78, 5) is 27.3. The van der Waals surface area contributed by atoms with Crippen molar-refractivity contribution in [2.45, 2.75) is 31.9 Å². The Bertz CT molecular complexity index is 1110. The molecule has 6 nitrogen and oxygen atoms in total. The van der Waals surface area contributed by atoms with E-state index in [9.17, 15) is 9.59 Å². The summed E-state index contributed by atoms with van der Waals surface area (Å²) < 4.78 is 11.4. The normalized spacial score (nSPS) is 16.2. The van der Waals surface area contributed by atoms with E-state index in [2.05, 4.69) is 11.9 Å². The van der Waals surface area contributed by atoms with Crippen LogP contribution in [0.25, 0.3) is 10.8 Å². The van der Waals surface area contributed by atoms with Gasteiger partial charge in [-0.1, -0.05) is 36.4 Å². The van der Waals surface area contributed by atoms with Gasteiger partial charge in [-0.15, -0.1) is 0 Å². The van der Waals surface area contributed by atoms with Crippen molar-refractivity contribution in [2.75, 3.05) is 20.2 Å². The molecule has 0 radical (unpaired) electrons. The van der Waals surface area contributed by atoms with E-state index in [4.69, 9.17) is 15.2 Å². The molecule has 32 heavy (non-hydrogen) atoms. The molecular weight excluding hydrogens is 404 g/mol. The molecule has 1 fully saturated rings. The van der Waals surface area contributed by atoms with Crippen LogP contribution in [0.2, 0.25) is 0 Å². The molecule has 1 atom stereocenters. The molecule has 0 spiro atoms.